The Bertz CT molecular complexity index is 354. The second-order valence-electron chi connectivity index (χ2n) is 4.07. The van der Waals surface area contributed by atoms with Crippen molar-refractivity contribution in [2.24, 2.45) is 5.73 Å². The first kappa shape index (κ1) is 15.3. The van der Waals surface area contributed by atoms with Gasteiger partial charge in [-0.25, -0.2) is 0 Å². The number of hydrogen-bond acceptors (Lipinski definition) is 4. The van der Waals surface area contributed by atoms with Gasteiger partial charge in [0.25, 0.3) is 0 Å². The van der Waals surface area contributed by atoms with Crippen molar-refractivity contribution in [3.05, 3.63) is 23.8 Å². The molecule has 0 saturated carbocycles. The van der Waals surface area contributed by atoms with Gasteiger partial charge >= 0.3 is 0 Å². The zero-order chi connectivity index (χ0) is 13.4. The molecule has 0 heterocycles. The lowest BCUT2D eigenvalue weighted by Crippen LogP contribution is -2.14. The highest BCUT2D eigenvalue weighted by molar-refractivity contribution is 7.99. The van der Waals surface area contributed by atoms with Crippen molar-refractivity contribution < 1.29 is 9.47 Å². The van der Waals surface area contributed by atoms with Crippen LogP contribution in [0.5, 0.6) is 5.75 Å². The van der Waals surface area contributed by atoms with Crippen molar-refractivity contribution >= 4 is 11.8 Å². The summed E-state index contributed by atoms with van der Waals surface area (Å²) in [6, 6.07) is 6.18. The molecule has 1 unspecified atom stereocenters. The van der Waals surface area contributed by atoms with Gasteiger partial charge in [-0.15, -0.1) is 11.8 Å². The van der Waals surface area contributed by atoms with Crippen LogP contribution in [0.1, 0.15) is 31.4 Å². The highest BCUT2D eigenvalue weighted by Gasteiger charge is 2.11. The summed E-state index contributed by atoms with van der Waals surface area (Å²) in [6.45, 7) is 2.67. The molecule has 1 aromatic rings. The van der Waals surface area contributed by atoms with Crippen LogP contribution in [0.25, 0.3) is 0 Å². The zero-order valence-electron chi connectivity index (χ0n) is 11.4. The molecule has 1 atom stereocenters. The second kappa shape index (κ2) is 8.40. The molecule has 2 N–H and O–H groups in total. The van der Waals surface area contributed by atoms with Gasteiger partial charge in [-0.1, -0.05) is 19.4 Å². The average molecular weight is 269 g/mol. The van der Waals surface area contributed by atoms with Crippen LogP contribution in [0.2, 0.25) is 0 Å². The molecular weight excluding hydrogens is 246 g/mol. The maximum Gasteiger partial charge on any atom is 0.132 e. The quantitative estimate of drug-likeness (QED) is 0.581. The minimum atomic E-state index is -0.0615. The molecule has 0 bridgehead atoms. The molecule has 0 amide bonds. The van der Waals surface area contributed by atoms with Crippen LogP contribution in [0.15, 0.2) is 23.1 Å². The van der Waals surface area contributed by atoms with E-state index >= 15 is 0 Å². The highest BCUT2D eigenvalue weighted by Crippen LogP contribution is 2.32. The van der Waals surface area contributed by atoms with E-state index in [0.717, 1.165) is 17.1 Å². The predicted molar refractivity (Wildman–Crippen MR) is 77.4 cm³/mol. The molecule has 18 heavy (non-hydrogen) atoms. The Labute approximate surface area is 114 Å². The zero-order valence-corrected chi connectivity index (χ0v) is 12.3. The lowest BCUT2D eigenvalue weighted by Gasteiger charge is -2.16. The van der Waals surface area contributed by atoms with Gasteiger partial charge in [0.1, 0.15) is 5.75 Å². The molecule has 0 aliphatic heterocycles. The summed E-state index contributed by atoms with van der Waals surface area (Å²) in [4.78, 5) is 1.18. The number of methoxy groups -OCH3 is 2. The molecule has 102 valence electrons. The van der Waals surface area contributed by atoms with E-state index in [9.17, 15) is 0 Å². The molecule has 1 rings (SSSR count). The third-order valence-electron chi connectivity index (χ3n) is 2.81. The molecule has 0 radical (unpaired) electrons. The summed E-state index contributed by atoms with van der Waals surface area (Å²) in [5.41, 5.74) is 6.74. The van der Waals surface area contributed by atoms with E-state index < -0.39 is 0 Å². The van der Waals surface area contributed by atoms with Crippen LogP contribution in [0.3, 0.4) is 0 Å². The Morgan fingerprint density at radius 2 is 2.11 bits per heavy atom. The molecule has 0 spiro atoms. The molecular formula is C14H23NO2S. The Balaban J connectivity index is 2.82. The average Bonchev–Trinajstić information content (AvgIpc) is 2.41. The van der Waals surface area contributed by atoms with Crippen molar-refractivity contribution in [1.82, 2.24) is 0 Å². The molecule has 0 aliphatic rings. The normalized spacial score (nSPS) is 12.4. The van der Waals surface area contributed by atoms with E-state index in [1.54, 1.807) is 14.2 Å². The number of benzene rings is 1. The maximum atomic E-state index is 5.67. The van der Waals surface area contributed by atoms with Crippen LogP contribution in [-0.2, 0) is 4.74 Å². The van der Waals surface area contributed by atoms with Crippen molar-refractivity contribution in [3.8, 4) is 5.75 Å². The van der Waals surface area contributed by atoms with E-state index in [1.807, 2.05) is 17.8 Å². The lowest BCUT2D eigenvalue weighted by atomic mass is 10.1. The first-order valence-electron chi connectivity index (χ1n) is 6.30. The molecule has 0 fully saturated rings. The standard InChI is InChI=1S/C14H23NO2S/c1-4-5-8-18-14-7-6-11(9-12(14)16-2)13(10-15)17-3/h6-7,9,13H,4-5,8,10,15H2,1-3H3. The Morgan fingerprint density at radius 1 is 1.33 bits per heavy atom. The fraction of sp³-hybridized carbons (Fsp3) is 0.571. The molecule has 0 aromatic heterocycles. The molecule has 0 saturated heterocycles. The first-order chi connectivity index (χ1) is 8.76. The van der Waals surface area contributed by atoms with Crippen molar-refractivity contribution in [3.63, 3.8) is 0 Å². The van der Waals surface area contributed by atoms with Crippen LogP contribution in [0.4, 0.5) is 0 Å². The van der Waals surface area contributed by atoms with E-state index in [0.29, 0.717) is 6.54 Å². The Kier molecular flexibility index (Phi) is 7.16. The van der Waals surface area contributed by atoms with E-state index in [-0.39, 0.29) is 6.10 Å². The third-order valence-corrected chi connectivity index (χ3v) is 3.95. The van der Waals surface area contributed by atoms with Gasteiger partial charge in [0.2, 0.25) is 0 Å². The lowest BCUT2D eigenvalue weighted by molar-refractivity contribution is 0.110. The summed E-state index contributed by atoms with van der Waals surface area (Å²) in [5.74, 6) is 2.03. The fourth-order valence-corrected chi connectivity index (χ4v) is 2.80. The maximum absolute atomic E-state index is 5.67. The van der Waals surface area contributed by atoms with E-state index in [1.165, 1.54) is 17.7 Å². The fourth-order valence-electron chi connectivity index (χ4n) is 1.70. The summed E-state index contributed by atoms with van der Waals surface area (Å²) in [5, 5.41) is 0. The summed E-state index contributed by atoms with van der Waals surface area (Å²) >= 11 is 1.83. The van der Waals surface area contributed by atoms with Gasteiger partial charge in [-0.05, 0) is 29.9 Å². The van der Waals surface area contributed by atoms with Gasteiger partial charge in [0.15, 0.2) is 0 Å². The van der Waals surface area contributed by atoms with Gasteiger partial charge in [-0.2, -0.15) is 0 Å². The number of rotatable bonds is 8. The molecule has 3 nitrogen and oxygen atoms in total. The SMILES string of the molecule is CCCCSc1ccc(C(CN)OC)cc1OC. The summed E-state index contributed by atoms with van der Waals surface area (Å²) in [6.07, 6.45) is 2.37. The topological polar surface area (TPSA) is 44.5 Å². The third kappa shape index (κ3) is 4.19. The molecule has 0 aliphatic carbocycles. The van der Waals surface area contributed by atoms with Gasteiger partial charge < -0.3 is 15.2 Å². The summed E-state index contributed by atoms with van der Waals surface area (Å²) in [7, 11) is 3.38. The Morgan fingerprint density at radius 3 is 2.67 bits per heavy atom. The second-order valence-corrected chi connectivity index (χ2v) is 5.21. The highest BCUT2D eigenvalue weighted by atomic mass is 32.2. The van der Waals surface area contributed by atoms with Crippen LogP contribution < -0.4 is 10.5 Å². The van der Waals surface area contributed by atoms with E-state index in [4.69, 9.17) is 15.2 Å². The van der Waals surface area contributed by atoms with Crippen LogP contribution in [0, 0.1) is 0 Å². The van der Waals surface area contributed by atoms with Crippen LogP contribution >= 0.6 is 11.8 Å². The summed E-state index contributed by atoms with van der Waals surface area (Å²) < 4.78 is 10.8. The predicted octanol–water partition coefficient (Wildman–Crippen LogP) is 3.23. The largest absolute Gasteiger partial charge is 0.496 e. The minimum Gasteiger partial charge on any atom is -0.496 e. The number of ether oxygens (including phenoxy) is 2. The van der Waals surface area contributed by atoms with Gasteiger partial charge in [-0.3, -0.25) is 0 Å². The van der Waals surface area contributed by atoms with Crippen molar-refractivity contribution in [2.45, 2.75) is 30.8 Å². The minimum absolute atomic E-state index is 0.0615. The molecule has 4 heteroatoms. The molecule has 1 aromatic carbocycles. The number of hydrogen-bond donors (Lipinski definition) is 1. The number of thioether (sulfide) groups is 1. The number of unbranched alkanes of at least 4 members (excludes halogenated alkanes) is 1. The smallest absolute Gasteiger partial charge is 0.132 e. The van der Waals surface area contributed by atoms with E-state index in [2.05, 4.69) is 19.1 Å². The van der Waals surface area contributed by atoms with Gasteiger partial charge in [0, 0.05) is 18.6 Å². The van der Waals surface area contributed by atoms with Crippen LogP contribution in [-0.4, -0.2) is 26.5 Å². The Hall–Kier alpha value is -0.710. The van der Waals surface area contributed by atoms with Gasteiger partial charge in [0.05, 0.1) is 13.2 Å². The van der Waals surface area contributed by atoms with Crippen molar-refractivity contribution in [2.75, 3.05) is 26.5 Å². The monoisotopic (exact) mass is 269 g/mol. The number of nitrogens with two attached hydrogens (primary N) is 1. The first-order valence-corrected chi connectivity index (χ1v) is 7.29. The van der Waals surface area contributed by atoms with Crippen molar-refractivity contribution in [1.29, 1.82) is 0 Å².